The van der Waals surface area contributed by atoms with Gasteiger partial charge < -0.3 is 19.3 Å². The Bertz CT molecular complexity index is 761. The summed E-state index contributed by atoms with van der Waals surface area (Å²) in [6.07, 6.45) is -0.926. The van der Waals surface area contributed by atoms with Crippen molar-refractivity contribution in [1.82, 2.24) is 14.7 Å². The molecule has 0 spiro atoms. The van der Waals surface area contributed by atoms with Gasteiger partial charge >= 0.3 is 12.2 Å². The van der Waals surface area contributed by atoms with Crippen LogP contribution < -0.4 is 0 Å². The summed E-state index contributed by atoms with van der Waals surface area (Å²) >= 11 is 0. The van der Waals surface area contributed by atoms with Gasteiger partial charge in [0.1, 0.15) is 18.2 Å². The van der Waals surface area contributed by atoms with Crippen LogP contribution in [-0.2, 0) is 20.9 Å². The molecule has 2 saturated heterocycles. The van der Waals surface area contributed by atoms with Gasteiger partial charge in [-0.1, -0.05) is 30.3 Å². The first-order chi connectivity index (χ1) is 13.7. The second-order valence-electron chi connectivity index (χ2n) is 8.48. The van der Waals surface area contributed by atoms with Crippen LogP contribution in [0.5, 0.6) is 0 Å². The Balaban J connectivity index is 1.63. The third-order valence-corrected chi connectivity index (χ3v) is 5.09. The van der Waals surface area contributed by atoms with Crippen molar-refractivity contribution < 1.29 is 23.9 Å². The number of ether oxygens (including phenoxy) is 2. The van der Waals surface area contributed by atoms with Crippen molar-refractivity contribution >= 4 is 18.1 Å². The Morgan fingerprint density at radius 2 is 1.76 bits per heavy atom. The molecule has 8 heteroatoms. The van der Waals surface area contributed by atoms with Crippen molar-refractivity contribution in [3.63, 3.8) is 0 Å². The normalized spacial score (nSPS) is 22.2. The van der Waals surface area contributed by atoms with E-state index in [1.54, 1.807) is 16.7 Å². The molecule has 2 heterocycles. The maximum Gasteiger partial charge on any atom is 0.410 e. The number of carbonyl (C=O) groups is 3. The van der Waals surface area contributed by atoms with E-state index in [9.17, 15) is 14.4 Å². The summed E-state index contributed by atoms with van der Waals surface area (Å²) in [5, 5.41) is 0. The summed E-state index contributed by atoms with van der Waals surface area (Å²) < 4.78 is 10.9. The lowest BCUT2D eigenvalue weighted by Crippen LogP contribution is -2.68. The van der Waals surface area contributed by atoms with E-state index in [1.165, 1.54) is 4.90 Å². The second-order valence-corrected chi connectivity index (χ2v) is 8.48. The fraction of sp³-hybridized carbons (Fsp3) is 0.571. The fourth-order valence-electron chi connectivity index (χ4n) is 3.59. The van der Waals surface area contributed by atoms with E-state index in [0.29, 0.717) is 26.2 Å². The lowest BCUT2D eigenvalue weighted by atomic mass is 10.0. The van der Waals surface area contributed by atoms with E-state index in [4.69, 9.17) is 9.47 Å². The highest BCUT2D eigenvalue weighted by molar-refractivity contribution is 5.87. The zero-order valence-corrected chi connectivity index (χ0v) is 17.5. The van der Waals surface area contributed by atoms with Crippen LogP contribution in [0.4, 0.5) is 9.59 Å². The molecule has 29 heavy (non-hydrogen) atoms. The minimum Gasteiger partial charge on any atom is -0.445 e. The average Bonchev–Trinajstić information content (AvgIpc) is 2.68. The molecule has 2 atom stereocenters. The van der Waals surface area contributed by atoms with E-state index < -0.39 is 23.8 Å². The van der Waals surface area contributed by atoms with Crippen LogP contribution in [0.25, 0.3) is 0 Å². The zero-order chi connectivity index (χ0) is 21.2. The highest BCUT2D eigenvalue weighted by Gasteiger charge is 2.44. The Labute approximate surface area is 171 Å². The largest absolute Gasteiger partial charge is 0.445 e. The number of hydrogen-bond acceptors (Lipinski definition) is 5. The molecule has 0 bridgehead atoms. The lowest BCUT2D eigenvalue weighted by Gasteiger charge is -2.48. The molecule has 158 valence electrons. The summed E-state index contributed by atoms with van der Waals surface area (Å²) in [5.41, 5.74) is 0.297. The van der Waals surface area contributed by atoms with E-state index >= 15 is 0 Å². The van der Waals surface area contributed by atoms with Gasteiger partial charge in [0.05, 0.1) is 6.04 Å². The summed E-state index contributed by atoms with van der Waals surface area (Å²) in [5.74, 6) is -0.123. The molecule has 2 aliphatic heterocycles. The van der Waals surface area contributed by atoms with Crippen molar-refractivity contribution in [2.24, 2.45) is 0 Å². The van der Waals surface area contributed by atoms with Crippen LogP contribution in [0.2, 0.25) is 0 Å². The molecule has 1 aromatic carbocycles. The number of rotatable bonds is 2. The van der Waals surface area contributed by atoms with Gasteiger partial charge in [-0.25, -0.2) is 9.59 Å². The van der Waals surface area contributed by atoms with E-state index in [1.807, 2.05) is 51.1 Å². The quantitative estimate of drug-likeness (QED) is 0.758. The van der Waals surface area contributed by atoms with Gasteiger partial charge in [-0.15, -0.1) is 0 Å². The number of piperazine rings is 2. The SMILES string of the molecule is C[C@@H]1C(=O)N2CCN(C(=O)OC(C)(C)C)C[C@H]2CN1C(=O)OCc1ccccc1. The Hall–Kier alpha value is -2.77. The Morgan fingerprint density at radius 3 is 2.41 bits per heavy atom. The number of amides is 3. The van der Waals surface area contributed by atoms with Gasteiger partial charge in [0, 0.05) is 26.2 Å². The fourth-order valence-corrected chi connectivity index (χ4v) is 3.59. The number of nitrogens with zero attached hydrogens (tertiary/aromatic N) is 3. The summed E-state index contributed by atoms with van der Waals surface area (Å²) in [7, 11) is 0. The van der Waals surface area contributed by atoms with Crippen LogP contribution in [-0.4, -0.2) is 76.7 Å². The molecule has 3 rings (SSSR count). The molecule has 1 aromatic rings. The first-order valence-electron chi connectivity index (χ1n) is 9.91. The first kappa shape index (κ1) is 21.0. The van der Waals surface area contributed by atoms with Crippen molar-refractivity contribution in [2.45, 2.75) is 52.0 Å². The maximum absolute atomic E-state index is 12.8. The van der Waals surface area contributed by atoms with Crippen LogP contribution in [0, 0.1) is 0 Å². The van der Waals surface area contributed by atoms with Gasteiger partial charge in [-0.3, -0.25) is 9.69 Å². The molecule has 0 aromatic heterocycles. The Morgan fingerprint density at radius 1 is 1.07 bits per heavy atom. The highest BCUT2D eigenvalue weighted by atomic mass is 16.6. The monoisotopic (exact) mass is 403 g/mol. The highest BCUT2D eigenvalue weighted by Crippen LogP contribution is 2.23. The number of fused-ring (bicyclic) bond motifs is 1. The molecule has 3 amide bonds. The van der Waals surface area contributed by atoms with Gasteiger partial charge in [0.25, 0.3) is 0 Å². The summed E-state index contributed by atoms with van der Waals surface area (Å²) in [6, 6.07) is 8.53. The van der Waals surface area contributed by atoms with E-state index in [2.05, 4.69) is 0 Å². The summed E-state index contributed by atoms with van der Waals surface area (Å²) in [6.45, 7) is 8.81. The molecule has 0 radical (unpaired) electrons. The van der Waals surface area contributed by atoms with Crippen molar-refractivity contribution in [3.05, 3.63) is 35.9 Å². The third kappa shape index (κ3) is 4.99. The van der Waals surface area contributed by atoms with Gasteiger partial charge in [0.2, 0.25) is 5.91 Å². The van der Waals surface area contributed by atoms with Crippen LogP contribution in [0.3, 0.4) is 0 Å². The number of benzene rings is 1. The number of carbonyl (C=O) groups excluding carboxylic acids is 3. The molecule has 0 unspecified atom stereocenters. The second kappa shape index (κ2) is 8.31. The molecule has 0 N–H and O–H groups in total. The summed E-state index contributed by atoms with van der Waals surface area (Å²) in [4.78, 5) is 42.6. The van der Waals surface area contributed by atoms with E-state index in [0.717, 1.165) is 5.56 Å². The smallest absolute Gasteiger partial charge is 0.410 e. The van der Waals surface area contributed by atoms with Crippen molar-refractivity contribution in [1.29, 1.82) is 0 Å². The van der Waals surface area contributed by atoms with Gasteiger partial charge in [-0.2, -0.15) is 0 Å². The maximum atomic E-state index is 12.8. The lowest BCUT2D eigenvalue weighted by molar-refractivity contribution is -0.147. The van der Waals surface area contributed by atoms with Gasteiger partial charge in [0.15, 0.2) is 0 Å². The van der Waals surface area contributed by atoms with E-state index in [-0.39, 0.29) is 18.6 Å². The van der Waals surface area contributed by atoms with Crippen LogP contribution in [0.1, 0.15) is 33.3 Å². The molecule has 0 saturated carbocycles. The minimum atomic E-state index is -0.595. The molecule has 2 aliphatic rings. The first-order valence-corrected chi connectivity index (χ1v) is 9.91. The average molecular weight is 403 g/mol. The topological polar surface area (TPSA) is 79.4 Å². The molecular weight excluding hydrogens is 374 g/mol. The predicted molar refractivity (Wildman–Crippen MR) is 106 cm³/mol. The zero-order valence-electron chi connectivity index (χ0n) is 17.5. The van der Waals surface area contributed by atoms with Crippen LogP contribution in [0.15, 0.2) is 30.3 Å². The third-order valence-electron chi connectivity index (χ3n) is 5.09. The molecule has 0 aliphatic carbocycles. The number of hydrogen-bond donors (Lipinski definition) is 0. The molecule has 2 fully saturated rings. The standard InChI is InChI=1S/C21H29N3O5/c1-15-18(25)23-11-10-22(19(26)29-21(2,3)4)12-17(23)13-24(15)20(27)28-14-16-8-6-5-7-9-16/h5-9,15,17H,10-14H2,1-4H3/t15-,17+/m1/s1. The van der Waals surface area contributed by atoms with Crippen LogP contribution >= 0.6 is 0 Å². The predicted octanol–water partition coefficient (Wildman–Crippen LogP) is 2.48. The van der Waals surface area contributed by atoms with Gasteiger partial charge in [-0.05, 0) is 33.3 Å². The van der Waals surface area contributed by atoms with Crippen molar-refractivity contribution in [3.8, 4) is 0 Å². The minimum absolute atomic E-state index is 0.123. The molecule has 8 nitrogen and oxygen atoms in total. The molecular formula is C21H29N3O5. The van der Waals surface area contributed by atoms with Crippen molar-refractivity contribution in [2.75, 3.05) is 26.2 Å². The Kier molecular flexibility index (Phi) is 6.00.